The molecule has 1 aliphatic rings. The van der Waals surface area contributed by atoms with E-state index in [9.17, 15) is 9.18 Å². The summed E-state index contributed by atoms with van der Waals surface area (Å²) in [5.41, 5.74) is 0.697. The Morgan fingerprint density at radius 2 is 2.24 bits per heavy atom. The van der Waals surface area contributed by atoms with E-state index in [-0.39, 0.29) is 23.7 Å². The van der Waals surface area contributed by atoms with Crippen LogP contribution in [0.2, 0.25) is 0 Å². The molecule has 2 unspecified atom stereocenters. The number of carbonyl (C=O) groups is 1. The highest BCUT2D eigenvalue weighted by Gasteiger charge is 2.29. The topological polar surface area (TPSA) is 38.3 Å². The number of nitrogens with one attached hydrogen (secondary N) is 1. The van der Waals surface area contributed by atoms with E-state index in [0.29, 0.717) is 18.5 Å². The smallest absolute Gasteiger partial charge is 0.322 e. The normalized spacial score (nSPS) is 24.4. The highest BCUT2D eigenvalue weighted by Crippen LogP contribution is 2.29. The van der Waals surface area contributed by atoms with E-state index in [1.54, 1.807) is 12.1 Å². The molecule has 0 spiro atoms. The minimum atomic E-state index is -0.321. The summed E-state index contributed by atoms with van der Waals surface area (Å²) in [7, 11) is 1.37. The number of piperidine rings is 1. The number of hydrogen-bond acceptors (Lipinski definition) is 3. The van der Waals surface area contributed by atoms with Gasteiger partial charge in [0.15, 0.2) is 0 Å². The summed E-state index contributed by atoms with van der Waals surface area (Å²) in [5.74, 6) is -0.379. The Bertz CT molecular complexity index is 408. The van der Waals surface area contributed by atoms with E-state index in [4.69, 9.17) is 4.74 Å². The predicted molar refractivity (Wildman–Crippen MR) is 62.2 cm³/mol. The molecule has 2 rings (SSSR count). The van der Waals surface area contributed by atoms with Gasteiger partial charge in [-0.15, -0.1) is 0 Å². The second-order valence-electron chi connectivity index (χ2n) is 4.27. The maximum atomic E-state index is 13.6. The van der Waals surface area contributed by atoms with Crippen LogP contribution in [0.1, 0.15) is 24.3 Å². The molecule has 1 fully saturated rings. The van der Waals surface area contributed by atoms with Crippen molar-refractivity contribution in [1.82, 2.24) is 5.32 Å². The number of carbonyl (C=O) groups excluding carboxylic acids is 1. The van der Waals surface area contributed by atoms with Gasteiger partial charge in [-0.25, -0.2) is 4.39 Å². The third kappa shape index (κ3) is 2.64. The third-order valence-corrected chi connectivity index (χ3v) is 3.23. The molecule has 3 nitrogen and oxygen atoms in total. The average Bonchev–Trinajstić information content (AvgIpc) is 2.38. The zero-order valence-corrected chi connectivity index (χ0v) is 9.78. The molecule has 0 saturated carbocycles. The molecule has 1 saturated heterocycles. The zero-order chi connectivity index (χ0) is 12.3. The Morgan fingerprint density at radius 1 is 1.47 bits per heavy atom. The van der Waals surface area contributed by atoms with Crippen molar-refractivity contribution in [1.29, 1.82) is 0 Å². The summed E-state index contributed by atoms with van der Waals surface area (Å²) >= 11 is 0. The first-order chi connectivity index (χ1) is 8.22. The highest BCUT2D eigenvalue weighted by atomic mass is 19.1. The molecule has 0 bridgehead atoms. The van der Waals surface area contributed by atoms with E-state index in [0.717, 1.165) is 6.42 Å². The van der Waals surface area contributed by atoms with E-state index in [1.165, 1.54) is 13.2 Å². The van der Waals surface area contributed by atoms with Crippen molar-refractivity contribution in [3.8, 4) is 0 Å². The molecule has 0 aromatic heterocycles. The fraction of sp³-hybridized carbons (Fsp3) is 0.462. The third-order valence-electron chi connectivity index (χ3n) is 3.23. The highest BCUT2D eigenvalue weighted by molar-refractivity contribution is 5.75. The molecule has 2 atom stereocenters. The van der Waals surface area contributed by atoms with Gasteiger partial charge in [-0.05, 0) is 36.9 Å². The first-order valence-corrected chi connectivity index (χ1v) is 5.78. The lowest BCUT2D eigenvalue weighted by molar-refractivity contribution is -0.143. The number of hydrogen-bond donors (Lipinski definition) is 1. The Labute approximate surface area is 100.0 Å². The van der Waals surface area contributed by atoms with Crippen molar-refractivity contribution in [3.05, 3.63) is 35.6 Å². The molecular weight excluding hydrogens is 221 g/mol. The van der Waals surface area contributed by atoms with Crippen LogP contribution in [0.3, 0.4) is 0 Å². The fourth-order valence-electron chi connectivity index (χ4n) is 2.33. The minimum absolute atomic E-state index is 0.0848. The van der Waals surface area contributed by atoms with Gasteiger partial charge < -0.3 is 10.1 Å². The Balaban J connectivity index is 2.12. The number of benzene rings is 1. The van der Waals surface area contributed by atoms with E-state index in [2.05, 4.69) is 5.32 Å². The standard InChI is InChI=1S/C13H16FNO2/c1-17-13(16)12-8-9(6-7-15-12)10-4-2-3-5-11(10)14/h2-5,9,12,15H,6-8H2,1H3. The van der Waals surface area contributed by atoms with E-state index < -0.39 is 0 Å². The Kier molecular flexibility index (Phi) is 3.74. The van der Waals surface area contributed by atoms with Crippen LogP contribution in [0.15, 0.2) is 24.3 Å². The summed E-state index contributed by atoms with van der Waals surface area (Å²) in [6, 6.07) is 6.44. The lowest BCUT2D eigenvalue weighted by atomic mass is 9.86. The van der Waals surface area contributed by atoms with Gasteiger partial charge >= 0.3 is 5.97 Å². The molecule has 1 N–H and O–H groups in total. The molecule has 1 aromatic rings. The lowest BCUT2D eigenvalue weighted by Crippen LogP contribution is -2.43. The van der Waals surface area contributed by atoms with E-state index in [1.807, 2.05) is 6.07 Å². The molecule has 4 heteroatoms. The molecule has 1 aliphatic heterocycles. The number of halogens is 1. The molecule has 1 aromatic carbocycles. The van der Waals surface area contributed by atoms with Crippen LogP contribution in [0, 0.1) is 5.82 Å². The quantitative estimate of drug-likeness (QED) is 0.797. The second kappa shape index (κ2) is 5.27. The lowest BCUT2D eigenvalue weighted by Gasteiger charge is -2.29. The molecule has 0 radical (unpaired) electrons. The number of rotatable bonds is 2. The maximum Gasteiger partial charge on any atom is 0.322 e. The molecule has 0 aliphatic carbocycles. The molecular formula is C13H16FNO2. The van der Waals surface area contributed by atoms with Crippen molar-refractivity contribution in [3.63, 3.8) is 0 Å². The zero-order valence-electron chi connectivity index (χ0n) is 9.78. The summed E-state index contributed by atoms with van der Waals surface area (Å²) in [6.45, 7) is 0.707. The van der Waals surface area contributed by atoms with Crippen molar-refractivity contribution in [2.24, 2.45) is 0 Å². The van der Waals surface area contributed by atoms with Crippen LogP contribution in [-0.4, -0.2) is 25.7 Å². The van der Waals surface area contributed by atoms with Gasteiger partial charge in [-0.1, -0.05) is 18.2 Å². The van der Waals surface area contributed by atoms with Crippen molar-refractivity contribution in [2.75, 3.05) is 13.7 Å². The van der Waals surface area contributed by atoms with Gasteiger partial charge in [0, 0.05) is 0 Å². The van der Waals surface area contributed by atoms with Crippen LogP contribution < -0.4 is 5.32 Å². The summed E-state index contributed by atoms with van der Waals surface area (Å²) < 4.78 is 18.4. The van der Waals surface area contributed by atoms with Crippen molar-refractivity contribution in [2.45, 2.75) is 24.8 Å². The van der Waals surface area contributed by atoms with Gasteiger partial charge in [0.05, 0.1) is 7.11 Å². The number of esters is 1. The first-order valence-electron chi connectivity index (χ1n) is 5.78. The average molecular weight is 237 g/mol. The largest absolute Gasteiger partial charge is 0.468 e. The van der Waals surface area contributed by atoms with Crippen LogP contribution in [-0.2, 0) is 9.53 Å². The van der Waals surface area contributed by atoms with Gasteiger partial charge in [0.1, 0.15) is 11.9 Å². The first kappa shape index (κ1) is 12.0. The monoisotopic (exact) mass is 237 g/mol. The molecule has 0 amide bonds. The van der Waals surface area contributed by atoms with E-state index >= 15 is 0 Å². The number of methoxy groups -OCH3 is 1. The maximum absolute atomic E-state index is 13.6. The summed E-state index contributed by atoms with van der Waals surface area (Å²) in [4.78, 5) is 11.5. The van der Waals surface area contributed by atoms with Crippen LogP contribution >= 0.6 is 0 Å². The molecule has 1 heterocycles. The predicted octanol–water partition coefficient (Wildman–Crippen LogP) is 1.83. The van der Waals surface area contributed by atoms with Gasteiger partial charge in [0.2, 0.25) is 0 Å². The summed E-state index contributed by atoms with van der Waals surface area (Å²) in [6.07, 6.45) is 1.43. The van der Waals surface area contributed by atoms with Crippen LogP contribution in [0.4, 0.5) is 4.39 Å². The van der Waals surface area contributed by atoms with Crippen LogP contribution in [0.25, 0.3) is 0 Å². The Hall–Kier alpha value is -1.42. The van der Waals surface area contributed by atoms with Gasteiger partial charge in [0.25, 0.3) is 0 Å². The SMILES string of the molecule is COC(=O)C1CC(c2ccccc2F)CCN1. The second-order valence-corrected chi connectivity index (χ2v) is 4.27. The van der Waals surface area contributed by atoms with Crippen molar-refractivity contribution >= 4 is 5.97 Å². The Morgan fingerprint density at radius 3 is 2.94 bits per heavy atom. The minimum Gasteiger partial charge on any atom is -0.468 e. The van der Waals surface area contributed by atoms with Gasteiger partial charge in [-0.3, -0.25) is 4.79 Å². The number of ether oxygens (including phenoxy) is 1. The van der Waals surface area contributed by atoms with Gasteiger partial charge in [-0.2, -0.15) is 0 Å². The fourth-order valence-corrected chi connectivity index (χ4v) is 2.33. The van der Waals surface area contributed by atoms with Crippen molar-refractivity contribution < 1.29 is 13.9 Å². The molecule has 17 heavy (non-hydrogen) atoms. The molecule has 92 valence electrons. The summed E-state index contributed by atoms with van der Waals surface area (Å²) in [5, 5.41) is 3.09. The van der Waals surface area contributed by atoms with Crippen LogP contribution in [0.5, 0.6) is 0 Å².